The van der Waals surface area contributed by atoms with Crippen molar-refractivity contribution in [1.82, 2.24) is 4.90 Å². The lowest BCUT2D eigenvalue weighted by Gasteiger charge is -2.42. The van der Waals surface area contributed by atoms with Crippen molar-refractivity contribution in [3.63, 3.8) is 0 Å². The predicted molar refractivity (Wildman–Crippen MR) is 77.1 cm³/mol. The highest BCUT2D eigenvalue weighted by atomic mass is 35.5. The molecule has 2 heteroatoms. The molecule has 0 bridgehead atoms. The van der Waals surface area contributed by atoms with Gasteiger partial charge < -0.3 is 4.90 Å². The van der Waals surface area contributed by atoms with E-state index in [0.717, 1.165) is 17.0 Å². The topological polar surface area (TPSA) is 3.24 Å². The van der Waals surface area contributed by atoms with Crippen molar-refractivity contribution < 1.29 is 0 Å². The van der Waals surface area contributed by atoms with Crippen LogP contribution in [0.25, 0.3) is 0 Å². The fourth-order valence-electron chi connectivity index (χ4n) is 3.60. The molecule has 0 N–H and O–H groups in total. The van der Waals surface area contributed by atoms with E-state index in [4.69, 9.17) is 11.6 Å². The highest BCUT2D eigenvalue weighted by Crippen LogP contribution is 2.30. The van der Waals surface area contributed by atoms with E-state index in [1.165, 1.54) is 57.2 Å². The largest absolute Gasteiger partial charge is 0.300 e. The summed E-state index contributed by atoms with van der Waals surface area (Å²) in [5.74, 6) is 0.848. The zero-order valence-electron chi connectivity index (χ0n) is 10.9. The van der Waals surface area contributed by atoms with Crippen LogP contribution in [0.1, 0.15) is 37.7 Å². The molecule has 1 aromatic rings. The summed E-state index contributed by atoms with van der Waals surface area (Å²) in [5, 5.41) is 0.846. The molecular formula is C16H22ClN. The second-order valence-corrected chi connectivity index (χ2v) is 6.35. The first-order valence-electron chi connectivity index (χ1n) is 7.30. The number of hydrogen-bond acceptors (Lipinski definition) is 1. The second-order valence-electron chi connectivity index (χ2n) is 5.92. The smallest absolute Gasteiger partial charge is 0.0406 e. The Kier molecular flexibility index (Phi) is 3.91. The van der Waals surface area contributed by atoms with Gasteiger partial charge in [0.1, 0.15) is 0 Å². The first-order chi connectivity index (χ1) is 8.81. The van der Waals surface area contributed by atoms with Crippen LogP contribution in [-0.2, 0) is 6.42 Å². The molecule has 0 saturated carbocycles. The van der Waals surface area contributed by atoms with E-state index < -0.39 is 0 Å². The van der Waals surface area contributed by atoms with Gasteiger partial charge in [0.2, 0.25) is 0 Å². The zero-order chi connectivity index (χ0) is 12.4. The van der Waals surface area contributed by atoms with Gasteiger partial charge >= 0.3 is 0 Å². The molecule has 0 aromatic heterocycles. The molecule has 2 aliphatic heterocycles. The fraction of sp³-hybridized carbons (Fsp3) is 0.625. The monoisotopic (exact) mass is 263 g/mol. The summed E-state index contributed by atoms with van der Waals surface area (Å²) in [7, 11) is 0. The van der Waals surface area contributed by atoms with Crippen LogP contribution in [0, 0.1) is 5.92 Å². The van der Waals surface area contributed by atoms with Crippen LogP contribution in [0.2, 0.25) is 5.02 Å². The quantitative estimate of drug-likeness (QED) is 0.775. The summed E-state index contributed by atoms with van der Waals surface area (Å²) in [6.45, 7) is 2.65. The zero-order valence-corrected chi connectivity index (χ0v) is 11.7. The number of fused-ring (bicyclic) bond motifs is 1. The third kappa shape index (κ3) is 2.89. The standard InChI is InChI=1S/C16H22ClN/c17-15-7-4-13(5-8-15)11-14-6-9-16-3-1-2-10-18(16)12-14/h4-5,7-8,14,16H,1-3,6,9-12H2/t14-,16+/m0/s1. The van der Waals surface area contributed by atoms with Gasteiger partial charge in [-0.15, -0.1) is 0 Å². The fourth-order valence-corrected chi connectivity index (χ4v) is 3.72. The molecule has 3 rings (SSSR count). The first kappa shape index (κ1) is 12.5. The average Bonchev–Trinajstić information content (AvgIpc) is 2.41. The average molecular weight is 264 g/mol. The van der Waals surface area contributed by atoms with Crippen LogP contribution < -0.4 is 0 Å². The van der Waals surface area contributed by atoms with Crippen molar-refractivity contribution >= 4 is 11.6 Å². The van der Waals surface area contributed by atoms with E-state index in [9.17, 15) is 0 Å². The molecule has 0 spiro atoms. The van der Waals surface area contributed by atoms with Crippen LogP contribution in [0.4, 0.5) is 0 Å². The Morgan fingerprint density at radius 2 is 1.89 bits per heavy atom. The molecule has 98 valence electrons. The predicted octanol–water partition coefficient (Wildman–Crippen LogP) is 4.15. The van der Waals surface area contributed by atoms with Crippen molar-refractivity contribution in [2.24, 2.45) is 5.92 Å². The Morgan fingerprint density at radius 3 is 2.72 bits per heavy atom. The third-order valence-corrected chi connectivity index (χ3v) is 4.84. The summed E-state index contributed by atoms with van der Waals surface area (Å²) in [5.41, 5.74) is 1.44. The number of rotatable bonds is 2. The highest BCUT2D eigenvalue weighted by molar-refractivity contribution is 6.30. The lowest BCUT2D eigenvalue weighted by Crippen LogP contribution is -2.46. The van der Waals surface area contributed by atoms with E-state index in [0.29, 0.717) is 0 Å². The molecule has 2 aliphatic rings. The van der Waals surface area contributed by atoms with Gasteiger partial charge in [-0.1, -0.05) is 30.2 Å². The summed E-state index contributed by atoms with van der Waals surface area (Å²) in [4.78, 5) is 2.74. The Morgan fingerprint density at radius 1 is 1.06 bits per heavy atom. The van der Waals surface area contributed by atoms with Crippen LogP contribution in [-0.4, -0.2) is 24.0 Å². The minimum Gasteiger partial charge on any atom is -0.300 e. The number of nitrogens with zero attached hydrogens (tertiary/aromatic N) is 1. The van der Waals surface area contributed by atoms with E-state index in [2.05, 4.69) is 17.0 Å². The van der Waals surface area contributed by atoms with Crippen LogP contribution in [0.15, 0.2) is 24.3 Å². The van der Waals surface area contributed by atoms with Gasteiger partial charge in [0, 0.05) is 17.6 Å². The Hall–Kier alpha value is -0.530. The summed E-state index contributed by atoms with van der Waals surface area (Å²) in [6, 6.07) is 9.31. The Bertz CT molecular complexity index is 387. The molecule has 2 heterocycles. The summed E-state index contributed by atoms with van der Waals surface area (Å²) >= 11 is 5.94. The van der Waals surface area contributed by atoms with Gasteiger partial charge in [-0.05, 0) is 62.3 Å². The molecule has 0 unspecified atom stereocenters. The van der Waals surface area contributed by atoms with Gasteiger partial charge in [-0.25, -0.2) is 0 Å². The number of benzene rings is 1. The van der Waals surface area contributed by atoms with Crippen molar-refractivity contribution in [2.75, 3.05) is 13.1 Å². The summed E-state index contributed by atoms with van der Waals surface area (Å²) < 4.78 is 0. The molecule has 18 heavy (non-hydrogen) atoms. The SMILES string of the molecule is Clc1ccc(C[C@@H]2CC[C@H]3CCCCN3C2)cc1. The molecule has 2 fully saturated rings. The normalized spacial score (nSPS) is 28.9. The van der Waals surface area contributed by atoms with E-state index in [-0.39, 0.29) is 0 Å². The highest BCUT2D eigenvalue weighted by Gasteiger charge is 2.29. The van der Waals surface area contributed by atoms with Crippen LogP contribution in [0.3, 0.4) is 0 Å². The maximum Gasteiger partial charge on any atom is 0.0406 e. The molecule has 2 atom stereocenters. The van der Waals surface area contributed by atoms with Gasteiger partial charge in [0.05, 0.1) is 0 Å². The van der Waals surface area contributed by atoms with Crippen LogP contribution >= 0.6 is 11.6 Å². The van der Waals surface area contributed by atoms with Crippen LogP contribution in [0.5, 0.6) is 0 Å². The lowest BCUT2D eigenvalue weighted by atomic mass is 9.84. The second kappa shape index (κ2) is 5.63. The van der Waals surface area contributed by atoms with E-state index in [1.54, 1.807) is 0 Å². The maximum absolute atomic E-state index is 5.94. The molecule has 0 radical (unpaired) electrons. The lowest BCUT2D eigenvalue weighted by molar-refractivity contribution is 0.0753. The molecule has 0 aliphatic carbocycles. The molecule has 0 amide bonds. The molecular weight excluding hydrogens is 242 g/mol. The van der Waals surface area contributed by atoms with Gasteiger partial charge in [0.15, 0.2) is 0 Å². The Labute approximate surface area is 115 Å². The number of halogens is 1. The molecule has 1 nitrogen and oxygen atoms in total. The molecule has 1 aromatic carbocycles. The third-order valence-electron chi connectivity index (χ3n) is 4.59. The van der Waals surface area contributed by atoms with Crippen molar-refractivity contribution in [2.45, 2.75) is 44.6 Å². The number of piperidine rings is 2. The Balaban J connectivity index is 1.59. The molecule has 2 saturated heterocycles. The maximum atomic E-state index is 5.94. The van der Waals surface area contributed by atoms with Gasteiger partial charge in [-0.2, -0.15) is 0 Å². The van der Waals surface area contributed by atoms with Gasteiger partial charge in [0.25, 0.3) is 0 Å². The minimum absolute atomic E-state index is 0.846. The first-order valence-corrected chi connectivity index (χ1v) is 7.67. The van der Waals surface area contributed by atoms with Gasteiger partial charge in [-0.3, -0.25) is 0 Å². The van der Waals surface area contributed by atoms with E-state index in [1.807, 2.05) is 12.1 Å². The van der Waals surface area contributed by atoms with Crippen molar-refractivity contribution in [3.8, 4) is 0 Å². The van der Waals surface area contributed by atoms with E-state index >= 15 is 0 Å². The van der Waals surface area contributed by atoms with Crippen molar-refractivity contribution in [3.05, 3.63) is 34.9 Å². The summed E-state index contributed by atoms with van der Waals surface area (Å²) in [6.07, 6.45) is 8.34. The van der Waals surface area contributed by atoms with Crippen molar-refractivity contribution in [1.29, 1.82) is 0 Å². The number of hydrogen-bond donors (Lipinski definition) is 0. The minimum atomic E-state index is 0.846.